The topological polar surface area (TPSA) is 55.2 Å². The lowest BCUT2D eigenvalue weighted by Gasteiger charge is -2.42. The van der Waals surface area contributed by atoms with E-state index < -0.39 is 0 Å². The van der Waals surface area contributed by atoms with Crippen LogP contribution in [0.1, 0.15) is 76.5 Å². The first-order valence-electron chi connectivity index (χ1n) is 8.40. The van der Waals surface area contributed by atoms with E-state index in [4.69, 9.17) is 0 Å². The molecule has 1 heterocycles. The molecule has 1 fully saturated rings. The number of benzene rings is 1. The lowest BCUT2D eigenvalue weighted by Crippen LogP contribution is -2.49. The summed E-state index contributed by atoms with van der Waals surface area (Å²) in [6, 6.07) is 5.57. The third kappa shape index (κ3) is 2.65. The van der Waals surface area contributed by atoms with Gasteiger partial charge >= 0.3 is 0 Å². The molecule has 1 spiro atoms. The maximum atomic E-state index is 11.1. The molecule has 3 rings (SSSR count). The number of rotatable bonds is 1. The van der Waals surface area contributed by atoms with Crippen molar-refractivity contribution in [1.82, 2.24) is 5.32 Å². The van der Waals surface area contributed by atoms with Gasteiger partial charge in [0.15, 0.2) is 0 Å². The van der Waals surface area contributed by atoms with Gasteiger partial charge in [-0.25, -0.2) is 0 Å². The minimum atomic E-state index is -0.290. The number of non-ortho nitro benzene ring substituents is 1. The molecule has 1 aromatic carbocycles. The fourth-order valence-electron chi connectivity index (χ4n) is 4.72. The van der Waals surface area contributed by atoms with E-state index >= 15 is 0 Å². The van der Waals surface area contributed by atoms with Gasteiger partial charge in [-0.15, -0.1) is 0 Å². The van der Waals surface area contributed by atoms with Gasteiger partial charge in [0.1, 0.15) is 0 Å². The van der Waals surface area contributed by atoms with Gasteiger partial charge in [-0.05, 0) is 42.7 Å². The molecule has 120 valence electrons. The normalized spacial score (nSPS) is 26.2. The lowest BCUT2D eigenvalue weighted by atomic mass is 9.69. The molecule has 0 unspecified atom stereocenters. The number of nitrogens with one attached hydrogen (secondary N) is 1. The molecule has 0 aromatic heterocycles. The van der Waals surface area contributed by atoms with E-state index in [2.05, 4.69) is 26.1 Å². The van der Waals surface area contributed by atoms with Crippen LogP contribution in [-0.4, -0.2) is 10.5 Å². The van der Waals surface area contributed by atoms with E-state index in [-0.39, 0.29) is 27.6 Å². The zero-order chi connectivity index (χ0) is 16.0. The Balaban J connectivity index is 2.06. The van der Waals surface area contributed by atoms with Crippen molar-refractivity contribution >= 4 is 5.69 Å². The Morgan fingerprint density at radius 3 is 2.55 bits per heavy atom. The summed E-state index contributed by atoms with van der Waals surface area (Å²) in [5, 5.41) is 15.0. The highest BCUT2D eigenvalue weighted by Gasteiger charge is 2.43. The summed E-state index contributed by atoms with van der Waals surface area (Å²) >= 11 is 0. The van der Waals surface area contributed by atoms with Crippen LogP contribution in [0.3, 0.4) is 0 Å². The second-order valence-electron chi connectivity index (χ2n) is 7.80. The Bertz CT molecular complexity index is 589. The third-order valence-corrected chi connectivity index (χ3v) is 5.56. The Kier molecular flexibility index (Phi) is 3.76. The Hall–Kier alpha value is -1.42. The van der Waals surface area contributed by atoms with E-state index in [0.717, 1.165) is 12.0 Å². The second-order valence-corrected chi connectivity index (χ2v) is 7.80. The van der Waals surface area contributed by atoms with Gasteiger partial charge in [0, 0.05) is 23.7 Å². The predicted octanol–water partition coefficient (Wildman–Crippen LogP) is 4.63. The number of hydrogen-bond acceptors (Lipinski definition) is 3. The van der Waals surface area contributed by atoms with E-state index in [0.29, 0.717) is 0 Å². The fourth-order valence-corrected chi connectivity index (χ4v) is 4.72. The standard InChI is InChI=1S/C18H26N2O2/c1-13-15-11-14(20(21)22)7-8-16(15)17(2,3)12-18(19-13)9-5-4-6-10-18/h7-8,11,13,19H,4-6,9-10,12H2,1-3H3/t13-/m1/s1. The van der Waals surface area contributed by atoms with Crippen molar-refractivity contribution in [2.24, 2.45) is 0 Å². The lowest BCUT2D eigenvalue weighted by molar-refractivity contribution is -0.385. The van der Waals surface area contributed by atoms with E-state index in [1.807, 2.05) is 6.07 Å². The molecular weight excluding hydrogens is 276 g/mol. The Morgan fingerprint density at radius 2 is 1.91 bits per heavy atom. The highest BCUT2D eigenvalue weighted by molar-refractivity contribution is 5.45. The van der Waals surface area contributed by atoms with Gasteiger partial charge < -0.3 is 5.32 Å². The largest absolute Gasteiger partial charge is 0.305 e. The zero-order valence-corrected chi connectivity index (χ0v) is 13.8. The van der Waals surface area contributed by atoms with Crippen LogP contribution < -0.4 is 5.32 Å². The number of fused-ring (bicyclic) bond motifs is 1. The smallest absolute Gasteiger partial charge is 0.269 e. The van der Waals surface area contributed by atoms with Gasteiger partial charge in [0.05, 0.1) is 4.92 Å². The second kappa shape index (κ2) is 5.34. The number of hydrogen-bond donors (Lipinski definition) is 1. The molecule has 1 aromatic rings. The van der Waals surface area contributed by atoms with Crippen molar-refractivity contribution in [2.45, 2.75) is 76.3 Å². The van der Waals surface area contributed by atoms with Crippen LogP contribution in [0.15, 0.2) is 18.2 Å². The Morgan fingerprint density at radius 1 is 1.23 bits per heavy atom. The minimum Gasteiger partial charge on any atom is -0.305 e. The first-order valence-corrected chi connectivity index (χ1v) is 8.40. The van der Waals surface area contributed by atoms with Crippen molar-refractivity contribution < 1.29 is 4.92 Å². The van der Waals surface area contributed by atoms with Crippen molar-refractivity contribution in [1.29, 1.82) is 0 Å². The first-order chi connectivity index (χ1) is 10.3. The van der Waals surface area contributed by atoms with Gasteiger partial charge in [0.2, 0.25) is 0 Å². The molecule has 2 aliphatic rings. The van der Waals surface area contributed by atoms with Crippen LogP contribution in [0.25, 0.3) is 0 Å². The summed E-state index contributed by atoms with van der Waals surface area (Å²) in [6.07, 6.45) is 7.44. The van der Waals surface area contributed by atoms with E-state index in [9.17, 15) is 10.1 Å². The zero-order valence-electron chi connectivity index (χ0n) is 13.8. The predicted molar refractivity (Wildman–Crippen MR) is 88.1 cm³/mol. The summed E-state index contributed by atoms with van der Waals surface area (Å²) in [4.78, 5) is 10.8. The van der Waals surface area contributed by atoms with Crippen LogP contribution in [0.2, 0.25) is 0 Å². The summed E-state index contributed by atoms with van der Waals surface area (Å²) in [7, 11) is 0. The van der Waals surface area contributed by atoms with Crippen LogP contribution in [0.5, 0.6) is 0 Å². The SMILES string of the molecule is C[C@H]1NC2(CCCCC2)CC(C)(C)c2ccc([N+](=O)[O-])cc21. The molecule has 22 heavy (non-hydrogen) atoms. The van der Waals surface area contributed by atoms with Crippen molar-refractivity contribution in [3.63, 3.8) is 0 Å². The molecule has 0 amide bonds. The summed E-state index contributed by atoms with van der Waals surface area (Å²) in [5.74, 6) is 0. The molecule has 1 atom stereocenters. The summed E-state index contributed by atoms with van der Waals surface area (Å²) in [5.41, 5.74) is 2.79. The molecule has 1 N–H and O–H groups in total. The monoisotopic (exact) mass is 302 g/mol. The van der Waals surface area contributed by atoms with Crippen LogP contribution in [-0.2, 0) is 5.41 Å². The van der Waals surface area contributed by atoms with Crippen molar-refractivity contribution in [3.8, 4) is 0 Å². The molecule has 4 nitrogen and oxygen atoms in total. The van der Waals surface area contributed by atoms with Gasteiger partial charge in [-0.2, -0.15) is 0 Å². The van der Waals surface area contributed by atoms with E-state index in [1.165, 1.54) is 37.7 Å². The third-order valence-electron chi connectivity index (χ3n) is 5.56. The molecule has 4 heteroatoms. The highest BCUT2D eigenvalue weighted by atomic mass is 16.6. The molecule has 1 saturated carbocycles. The number of nitro groups is 1. The molecule has 0 radical (unpaired) electrons. The Labute approximate surface area is 132 Å². The van der Waals surface area contributed by atoms with Crippen LogP contribution in [0.4, 0.5) is 5.69 Å². The van der Waals surface area contributed by atoms with Gasteiger partial charge in [-0.3, -0.25) is 10.1 Å². The molecule has 0 bridgehead atoms. The van der Waals surface area contributed by atoms with Crippen LogP contribution in [0, 0.1) is 10.1 Å². The summed E-state index contributed by atoms with van der Waals surface area (Å²) in [6.45, 7) is 6.72. The number of nitro benzene ring substituents is 1. The van der Waals surface area contributed by atoms with Crippen molar-refractivity contribution in [2.75, 3.05) is 0 Å². The molecular formula is C18H26N2O2. The minimum absolute atomic E-state index is 0.0412. The molecule has 1 aliphatic heterocycles. The molecule has 1 aliphatic carbocycles. The average Bonchev–Trinajstić information content (AvgIpc) is 2.53. The average molecular weight is 302 g/mol. The fraction of sp³-hybridized carbons (Fsp3) is 0.667. The molecule has 0 saturated heterocycles. The van der Waals surface area contributed by atoms with E-state index in [1.54, 1.807) is 12.1 Å². The van der Waals surface area contributed by atoms with Gasteiger partial charge in [-0.1, -0.05) is 39.2 Å². The summed E-state index contributed by atoms with van der Waals surface area (Å²) < 4.78 is 0. The van der Waals surface area contributed by atoms with Crippen LogP contribution >= 0.6 is 0 Å². The maximum absolute atomic E-state index is 11.1. The first kappa shape index (κ1) is 15.5. The number of nitrogens with zero attached hydrogens (tertiary/aromatic N) is 1. The maximum Gasteiger partial charge on any atom is 0.269 e. The quantitative estimate of drug-likeness (QED) is 0.608. The van der Waals surface area contributed by atoms with Crippen molar-refractivity contribution in [3.05, 3.63) is 39.4 Å². The highest BCUT2D eigenvalue weighted by Crippen LogP contribution is 2.46. The van der Waals surface area contributed by atoms with Gasteiger partial charge in [0.25, 0.3) is 5.69 Å².